The second-order valence-corrected chi connectivity index (χ2v) is 4.52. The van der Waals surface area contributed by atoms with Crippen LogP contribution in [0.25, 0.3) is 0 Å². The van der Waals surface area contributed by atoms with Crippen molar-refractivity contribution in [1.82, 2.24) is 10.2 Å². The lowest BCUT2D eigenvalue weighted by Crippen LogP contribution is -2.48. The van der Waals surface area contributed by atoms with Gasteiger partial charge in [-0.1, -0.05) is 35.5 Å². The lowest BCUT2D eigenvalue weighted by atomic mass is 10.2. The van der Waals surface area contributed by atoms with Crippen LogP contribution in [0.2, 0.25) is 0 Å². The largest absolute Gasteiger partial charge is 0.409 e. The zero-order valence-corrected chi connectivity index (χ0v) is 10.6. The summed E-state index contributed by atoms with van der Waals surface area (Å²) in [5.74, 6) is 0.0901. The van der Waals surface area contributed by atoms with Gasteiger partial charge in [-0.05, 0) is 18.4 Å². The van der Waals surface area contributed by atoms with Gasteiger partial charge in [-0.3, -0.25) is 0 Å². The van der Waals surface area contributed by atoms with Crippen molar-refractivity contribution in [3.63, 3.8) is 0 Å². The first kappa shape index (κ1) is 13.2. The smallest absolute Gasteiger partial charge is 0.318 e. The summed E-state index contributed by atoms with van der Waals surface area (Å²) < 4.78 is 0. The molecule has 0 bridgehead atoms. The number of urea groups is 1. The van der Waals surface area contributed by atoms with Crippen LogP contribution in [0.1, 0.15) is 18.4 Å². The number of hydrogen-bond acceptors (Lipinski definition) is 3. The quantitative estimate of drug-likeness (QED) is 0.330. The van der Waals surface area contributed by atoms with Crippen LogP contribution in [0.3, 0.4) is 0 Å². The summed E-state index contributed by atoms with van der Waals surface area (Å²) in [6.45, 7) is 1.10. The molecule has 0 saturated carbocycles. The zero-order chi connectivity index (χ0) is 13.7. The first-order valence-corrected chi connectivity index (χ1v) is 6.28. The van der Waals surface area contributed by atoms with Gasteiger partial charge >= 0.3 is 6.03 Å². The van der Waals surface area contributed by atoms with E-state index in [0.29, 0.717) is 13.1 Å². The Labute approximate surface area is 111 Å². The molecule has 1 atom stereocenters. The van der Waals surface area contributed by atoms with E-state index in [9.17, 15) is 4.79 Å². The third-order valence-corrected chi connectivity index (χ3v) is 3.26. The first-order valence-electron chi connectivity index (χ1n) is 6.28. The average Bonchev–Trinajstić information content (AvgIpc) is 2.94. The summed E-state index contributed by atoms with van der Waals surface area (Å²) in [5.41, 5.74) is 6.63. The molecule has 1 unspecified atom stereocenters. The zero-order valence-electron chi connectivity index (χ0n) is 10.6. The maximum absolute atomic E-state index is 12.1. The molecule has 6 heteroatoms. The maximum atomic E-state index is 12.1. The molecule has 1 heterocycles. The Morgan fingerprint density at radius 1 is 1.47 bits per heavy atom. The van der Waals surface area contributed by atoms with Gasteiger partial charge in [0.2, 0.25) is 0 Å². The predicted octanol–water partition coefficient (Wildman–Crippen LogP) is 1.11. The molecule has 4 N–H and O–H groups in total. The average molecular weight is 262 g/mol. The van der Waals surface area contributed by atoms with E-state index in [4.69, 9.17) is 10.9 Å². The van der Waals surface area contributed by atoms with Crippen molar-refractivity contribution in [3.05, 3.63) is 35.9 Å². The van der Waals surface area contributed by atoms with Crippen molar-refractivity contribution in [1.29, 1.82) is 0 Å². The Balaban J connectivity index is 1.92. The number of carbonyl (C=O) groups excluding carboxylic acids is 1. The van der Waals surface area contributed by atoms with E-state index in [1.807, 2.05) is 30.3 Å². The van der Waals surface area contributed by atoms with Crippen molar-refractivity contribution in [3.8, 4) is 0 Å². The molecule has 0 aliphatic carbocycles. The highest BCUT2D eigenvalue weighted by Gasteiger charge is 2.31. The fourth-order valence-corrected chi connectivity index (χ4v) is 2.26. The summed E-state index contributed by atoms with van der Waals surface area (Å²) in [7, 11) is 0. The SMILES string of the molecule is N/C(=N/O)C1CCCN1C(=O)NCc1ccccc1. The molecule has 1 aliphatic heterocycles. The minimum Gasteiger partial charge on any atom is -0.409 e. The topological polar surface area (TPSA) is 91.0 Å². The molecule has 102 valence electrons. The number of nitrogens with one attached hydrogen (secondary N) is 1. The second-order valence-electron chi connectivity index (χ2n) is 4.52. The standard InChI is InChI=1S/C13H18N4O2/c14-12(16-19)11-7-4-8-17(11)13(18)15-9-10-5-2-1-3-6-10/h1-3,5-6,11,19H,4,7-9H2,(H2,14,16)(H,15,18). The van der Waals surface area contributed by atoms with Crippen molar-refractivity contribution in [2.45, 2.75) is 25.4 Å². The van der Waals surface area contributed by atoms with Gasteiger partial charge in [-0.25, -0.2) is 4.79 Å². The van der Waals surface area contributed by atoms with Crippen LogP contribution in [0.4, 0.5) is 4.79 Å². The van der Waals surface area contributed by atoms with E-state index in [2.05, 4.69) is 10.5 Å². The van der Waals surface area contributed by atoms with E-state index in [1.54, 1.807) is 4.90 Å². The van der Waals surface area contributed by atoms with Gasteiger partial charge in [-0.15, -0.1) is 0 Å². The molecule has 1 saturated heterocycles. The Morgan fingerprint density at radius 3 is 2.89 bits per heavy atom. The summed E-state index contributed by atoms with van der Waals surface area (Å²) >= 11 is 0. The third-order valence-electron chi connectivity index (χ3n) is 3.26. The fraction of sp³-hybridized carbons (Fsp3) is 0.385. The van der Waals surface area contributed by atoms with Gasteiger partial charge in [0.05, 0.1) is 6.04 Å². The lowest BCUT2D eigenvalue weighted by molar-refractivity contribution is 0.201. The molecule has 0 radical (unpaired) electrons. The minimum atomic E-state index is -0.305. The van der Waals surface area contributed by atoms with Gasteiger partial charge in [0, 0.05) is 13.1 Å². The van der Waals surface area contributed by atoms with E-state index in [1.165, 1.54) is 0 Å². The van der Waals surface area contributed by atoms with Crippen molar-refractivity contribution < 1.29 is 10.0 Å². The number of amidine groups is 1. The normalized spacial score (nSPS) is 19.5. The van der Waals surface area contributed by atoms with Crippen molar-refractivity contribution in [2.24, 2.45) is 10.9 Å². The number of carbonyl (C=O) groups is 1. The number of hydrogen-bond donors (Lipinski definition) is 3. The highest BCUT2D eigenvalue weighted by molar-refractivity contribution is 5.90. The molecular weight excluding hydrogens is 244 g/mol. The minimum absolute atomic E-state index is 0.0901. The summed E-state index contributed by atoms with van der Waals surface area (Å²) in [6, 6.07) is 9.20. The number of nitrogens with zero attached hydrogens (tertiary/aromatic N) is 2. The predicted molar refractivity (Wildman–Crippen MR) is 71.8 cm³/mol. The summed E-state index contributed by atoms with van der Waals surface area (Å²) in [5, 5.41) is 14.5. The van der Waals surface area contributed by atoms with E-state index < -0.39 is 0 Å². The molecular formula is C13H18N4O2. The third kappa shape index (κ3) is 3.15. The molecule has 2 amide bonds. The summed E-state index contributed by atoms with van der Waals surface area (Å²) in [6.07, 6.45) is 1.59. The van der Waals surface area contributed by atoms with Gasteiger partial charge in [-0.2, -0.15) is 0 Å². The monoisotopic (exact) mass is 262 g/mol. The molecule has 1 aromatic rings. The van der Waals surface area contributed by atoms with Crippen LogP contribution < -0.4 is 11.1 Å². The first-order chi connectivity index (χ1) is 9.22. The lowest BCUT2D eigenvalue weighted by Gasteiger charge is -2.23. The van der Waals surface area contributed by atoms with Crippen LogP contribution >= 0.6 is 0 Å². The van der Waals surface area contributed by atoms with Crippen LogP contribution in [-0.4, -0.2) is 34.6 Å². The van der Waals surface area contributed by atoms with Crippen LogP contribution in [0.15, 0.2) is 35.5 Å². The number of amides is 2. The Kier molecular flexibility index (Phi) is 4.22. The number of rotatable bonds is 3. The number of benzene rings is 1. The molecule has 1 fully saturated rings. The van der Waals surface area contributed by atoms with Crippen LogP contribution in [0, 0.1) is 0 Å². The van der Waals surface area contributed by atoms with E-state index in [-0.39, 0.29) is 17.9 Å². The van der Waals surface area contributed by atoms with Crippen molar-refractivity contribution in [2.75, 3.05) is 6.54 Å². The van der Waals surface area contributed by atoms with Crippen molar-refractivity contribution >= 4 is 11.9 Å². The van der Waals surface area contributed by atoms with Gasteiger partial charge in [0.15, 0.2) is 5.84 Å². The molecule has 2 rings (SSSR count). The second kappa shape index (κ2) is 6.08. The fourth-order valence-electron chi connectivity index (χ4n) is 2.26. The molecule has 6 nitrogen and oxygen atoms in total. The van der Waals surface area contributed by atoms with Crippen LogP contribution in [0.5, 0.6) is 0 Å². The number of oxime groups is 1. The highest BCUT2D eigenvalue weighted by Crippen LogP contribution is 2.17. The molecule has 1 aromatic carbocycles. The Hall–Kier alpha value is -2.24. The number of likely N-dealkylation sites (tertiary alicyclic amines) is 1. The van der Waals surface area contributed by atoms with E-state index >= 15 is 0 Å². The molecule has 0 spiro atoms. The highest BCUT2D eigenvalue weighted by atomic mass is 16.4. The van der Waals surface area contributed by atoms with E-state index in [0.717, 1.165) is 18.4 Å². The molecule has 0 aromatic heterocycles. The van der Waals surface area contributed by atoms with Gasteiger partial charge in [0.1, 0.15) is 0 Å². The van der Waals surface area contributed by atoms with Crippen LogP contribution in [-0.2, 0) is 6.54 Å². The Morgan fingerprint density at radius 2 is 2.21 bits per heavy atom. The van der Waals surface area contributed by atoms with Gasteiger partial charge in [0.25, 0.3) is 0 Å². The maximum Gasteiger partial charge on any atom is 0.318 e. The molecule has 19 heavy (non-hydrogen) atoms. The summed E-state index contributed by atoms with van der Waals surface area (Å²) in [4.78, 5) is 13.7. The Bertz CT molecular complexity index is 461. The number of nitrogens with two attached hydrogens (primary N) is 1. The molecule has 1 aliphatic rings. The van der Waals surface area contributed by atoms with Gasteiger partial charge < -0.3 is 21.2 Å².